The van der Waals surface area contributed by atoms with E-state index < -0.39 is 6.04 Å². The van der Waals surface area contributed by atoms with Crippen LogP contribution in [0.4, 0.5) is 0 Å². The Labute approximate surface area is 92.0 Å². The predicted molar refractivity (Wildman–Crippen MR) is 65.8 cm³/mol. The fourth-order valence-electron chi connectivity index (χ4n) is 0.838. The van der Waals surface area contributed by atoms with Crippen LogP contribution >= 0.6 is 0 Å². The van der Waals surface area contributed by atoms with E-state index in [0.29, 0.717) is 6.42 Å². The summed E-state index contributed by atoms with van der Waals surface area (Å²) >= 11 is 0. The molecule has 0 bridgehead atoms. The van der Waals surface area contributed by atoms with Crippen LogP contribution in [0.5, 0.6) is 0 Å². The molecule has 0 aliphatic rings. The molecule has 0 fully saturated rings. The van der Waals surface area contributed by atoms with Gasteiger partial charge in [-0.15, -0.1) is 0 Å². The Morgan fingerprint density at radius 1 is 1.60 bits per heavy atom. The number of allylic oxidation sites excluding steroid dienone is 1. The second-order valence-electron chi connectivity index (χ2n) is 2.52. The molecule has 0 aromatic rings. The Morgan fingerprint density at radius 3 is 2.47 bits per heavy atom. The van der Waals surface area contributed by atoms with Gasteiger partial charge in [-0.1, -0.05) is 26.5 Å². The highest BCUT2D eigenvalue weighted by atomic mass is 16.2. The topological polar surface area (TPSA) is 67.5 Å². The number of carbonyl (C=O) groups excluding carboxylic acids is 1. The summed E-state index contributed by atoms with van der Waals surface area (Å²) in [5.41, 5.74) is 6.37. The summed E-state index contributed by atoms with van der Waals surface area (Å²) in [4.78, 5) is 14.6. The quantitative estimate of drug-likeness (QED) is 0.531. The molecule has 1 amide bonds. The normalized spacial score (nSPS) is 11.9. The molecule has 15 heavy (non-hydrogen) atoms. The van der Waals surface area contributed by atoms with Crippen LogP contribution < -0.4 is 11.1 Å². The number of likely N-dealkylation sites (N-methyl/N-ethyl adjacent to an activating group) is 1. The fraction of sp³-hybridized carbons (Fsp3) is 0.455. The summed E-state index contributed by atoms with van der Waals surface area (Å²) in [6.45, 7) is 10.9. The van der Waals surface area contributed by atoms with Gasteiger partial charge in [-0.05, 0) is 18.7 Å². The van der Waals surface area contributed by atoms with Gasteiger partial charge in [0.05, 0.1) is 6.04 Å². The van der Waals surface area contributed by atoms with Crippen molar-refractivity contribution in [1.29, 1.82) is 0 Å². The van der Waals surface area contributed by atoms with E-state index in [1.807, 2.05) is 13.8 Å². The number of nitrogens with one attached hydrogen (secondary N) is 1. The van der Waals surface area contributed by atoms with E-state index >= 15 is 0 Å². The van der Waals surface area contributed by atoms with E-state index in [2.05, 4.69) is 23.6 Å². The molecule has 0 heterocycles. The lowest BCUT2D eigenvalue weighted by molar-refractivity contribution is -0.121. The van der Waals surface area contributed by atoms with Gasteiger partial charge < -0.3 is 11.1 Å². The van der Waals surface area contributed by atoms with Gasteiger partial charge in [0, 0.05) is 13.2 Å². The zero-order valence-electron chi connectivity index (χ0n) is 9.79. The third kappa shape index (κ3) is 7.64. The van der Waals surface area contributed by atoms with Crippen LogP contribution in [-0.4, -0.2) is 25.7 Å². The second-order valence-corrected chi connectivity index (χ2v) is 2.52. The fourth-order valence-corrected chi connectivity index (χ4v) is 0.838. The van der Waals surface area contributed by atoms with Crippen LogP contribution in [0.25, 0.3) is 0 Å². The van der Waals surface area contributed by atoms with Crippen LogP contribution in [0, 0.1) is 0 Å². The minimum Gasteiger partial charge on any atom is -0.358 e. The van der Waals surface area contributed by atoms with E-state index in [0.717, 1.165) is 5.57 Å². The van der Waals surface area contributed by atoms with Crippen molar-refractivity contribution in [2.45, 2.75) is 26.3 Å². The summed E-state index contributed by atoms with van der Waals surface area (Å²) in [6, 6.07) is -0.559. The van der Waals surface area contributed by atoms with Crippen molar-refractivity contribution in [3.8, 4) is 0 Å². The Morgan fingerprint density at radius 2 is 2.13 bits per heavy atom. The zero-order chi connectivity index (χ0) is 12.3. The smallest absolute Gasteiger partial charge is 0.237 e. The van der Waals surface area contributed by atoms with Gasteiger partial charge in [0.1, 0.15) is 0 Å². The van der Waals surface area contributed by atoms with Crippen LogP contribution in [0.15, 0.2) is 29.4 Å². The van der Waals surface area contributed by atoms with Crippen molar-refractivity contribution < 1.29 is 4.79 Å². The Bertz CT molecular complexity index is 234. The predicted octanol–water partition coefficient (Wildman–Crippen LogP) is 1.25. The number of hydrogen-bond donors (Lipinski definition) is 2. The highest BCUT2D eigenvalue weighted by Gasteiger charge is 2.11. The van der Waals surface area contributed by atoms with Crippen molar-refractivity contribution in [1.82, 2.24) is 5.32 Å². The summed E-state index contributed by atoms with van der Waals surface area (Å²) in [6.07, 6.45) is 3.56. The minimum absolute atomic E-state index is 0.197. The molecule has 0 rings (SSSR count). The van der Waals surface area contributed by atoms with E-state index in [9.17, 15) is 4.79 Å². The number of aliphatic imine (C=N–C) groups is 1. The molecule has 3 N–H and O–H groups in total. The monoisotopic (exact) mass is 211 g/mol. The van der Waals surface area contributed by atoms with Crippen molar-refractivity contribution in [3.63, 3.8) is 0 Å². The SMILES string of the molecule is C=C/C(=C\N=C)CC(N)C(=O)NC.CC. The summed E-state index contributed by atoms with van der Waals surface area (Å²) in [5.74, 6) is -0.197. The van der Waals surface area contributed by atoms with Crippen LogP contribution in [0.1, 0.15) is 20.3 Å². The lowest BCUT2D eigenvalue weighted by atomic mass is 10.1. The first-order chi connectivity index (χ1) is 7.15. The largest absolute Gasteiger partial charge is 0.358 e. The lowest BCUT2D eigenvalue weighted by Crippen LogP contribution is -2.38. The Hall–Kier alpha value is -1.42. The highest BCUT2D eigenvalue weighted by molar-refractivity contribution is 5.81. The Balaban J connectivity index is 0. The summed E-state index contributed by atoms with van der Waals surface area (Å²) in [5, 5.41) is 2.46. The second kappa shape index (κ2) is 10.7. The molecule has 0 saturated heterocycles. The number of amides is 1. The van der Waals surface area contributed by atoms with Gasteiger partial charge in [-0.3, -0.25) is 9.79 Å². The van der Waals surface area contributed by atoms with Crippen LogP contribution in [-0.2, 0) is 4.79 Å². The average Bonchev–Trinajstić information content (AvgIpc) is 2.29. The number of nitrogens with zero attached hydrogens (tertiary/aromatic N) is 1. The summed E-state index contributed by atoms with van der Waals surface area (Å²) in [7, 11) is 1.55. The molecule has 1 unspecified atom stereocenters. The number of carbonyl (C=O) groups is 1. The first-order valence-corrected chi connectivity index (χ1v) is 4.90. The number of hydrogen-bond acceptors (Lipinski definition) is 3. The van der Waals surface area contributed by atoms with Gasteiger partial charge in [-0.25, -0.2) is 0 Å². The molecule has 0 spiro atoms. The molecular formula is C11H21N3O. The molecule has 4 heteroatoms. The maximum absolute atomic E-state index is 11.0. The van der Waals surface area contributed by atoms with Gasteiger partial charge in [0.15, 0.2) is 0 Å². The maximum atomic E-state index is 11.0. The van der Waals surface area contributed by atoms with Gasteiger partial charge >= 0.3 is 0 Å². The summed E-state index contributed by atoms with van der Waals surface area (Å²) < 4.78 is 0. The first kappa shape index (κ1) is 16.0. The van der Waals surface area contributed by atoms with Crippen molar-refractivity contribution in [3.05, 3.63) is 24.4 Å². The lowest BCUT2D eigenvalue weighted by Gasteiger charge is -2.09. The number of rotatable bonds is 5. The third-order valence-corrected chi connectivity index (χ3v) is 1.56. The number of nitrogens with two attached hydrogens (primary N) is 1. The van der Waals surface area contributed by atoms with Gasteiger partial charge in [0.25, 0.3) is 0 Å². The van der Waals surface area contributed by atoms with Crippen molar-refractivity contribution in [2.24, 2.45) is 10.7 Å². The Kier molecular flexibility index (Phi) is 11.4. The molecule has 0 saturated carbocycles. The molecule has 0 aromatic heterocycles. The minimum atomic E-state index is -0.559. The standard InChI is InChI=1S/C9H15N3O.C2H6/c1-4-7(6-11-2)5-8(10)9(13)12-3;1-2/h4,6,8H,1-2,5,10H2,3H3,(H,12,13);1-2H3/b7-6+;. The molecular weight excluding hydrogens is 190 g/mol. The molecule has 0 aromatic carbocycles. The van der Waals surface area contributed by atoms with Crippen molar-refractivity contribution in [2.75, 3.05) is 7.05 Å². The first-order valence-electron chi connectivity index (χ1n) is 4.90. The molecule has 0 aliphatic carbocycles. The van der Waals surface area contributed by atoms with E-state index in [1.165, 1.54) is 6.20 Å². The molecule has 86 valence electrons. The van der Waals surface area contributed by atoms with Crippen LogP contribution in [0.3, 0.4) is 0 Å². The maximum Gasteiger partial charge on any atom is 0.237 e. The third-order valence-electron chi connectivity index (χ3n) is 1.56. The molecule has 0 radical (unpaired) electrons. The highest BCUT2D eigenvalue weighted by Crippen LogP contribution is 2.05. The van der Waals surface area contributed by atoms with Crippen LogP contribution in [0.2, 0.25) is 0 Å². The van der Waals surface area contributed by atoms with E-state index in [4.69, 9.17) is 5.73 Å². The van der Waals surface area contributed by atoms with E-state index in [1.54, 1.807) is 13.1 Å². The van der Waals surface area contributed by atoms with E-state index in [-0.39, 0.29) is 5.91 Å². The van der Waals surface area contributed by atoms with Gasteiger partial charge in [-0.2, -0.15) is 0 Å². The molecule has 1 atom stereocenters. The zero-order valence-corrected chi connectivity index (χ0v) is 9.79. The molecule has 4 nitrogen and oxygen atoms in total. The van der Waals surface area contributed by atoms with Crippen molar-refractivity contribution >= 4 is 12.6 Å². The average molecular weight is 211 g/mol. The van der Waals surface area contributed by atoms with Gasteiger partial charge in [0.2, 0.25) is 5.91 Å². The molecule has 0 aliphatic heterocycles.